The molecule has 0 saturated carbocycles. The third-order valence-electron chi connectivity index (χ3n) is 4.87. The minimum atomic E-state index is -0.437. The normalized spacial score (nSPS) is 13.6. The lowest BCUT2D eigenvalue weighted by Crippen LogP contribution is -2.28. The number of hydrogen-bond acceptors (Lipinski definition) is 5. The first kappa shape index (κ1) is 21.1. The van der Waals surface area contributed by atoms with Crippen molar-refractivity contribution in [1.82, 2.24) is 19.3 Å². The van der Waals surface area contributed by atoms with Gasteiger partial charge in [0.05, 0.1) is 28.4 Å². The summed E-state index contributed by atoms with van der Waals surface area (Å²) >= 11 is 1.29. The van der Waals surface area contributed by atoms with Crippen LogP contribution < -0.4 is 10.9 Å². The number of rotatable bonds is 7. The maximum Gasteiger partial charge on any atom is 0.262 e. The molecule has 0 aliphatic heterocycles. The molecule has 0 saturated heterocycles. The summed E-state index contributed by atoms with van der Waals surface area (Å²) in [5.41, 5.74) is 0.551. The number of nitrogens with one attached hydrogen (secondary N) is 1. The SMILES string of the molecule is CC[C@@H](C)n1nccc1NC(=O)[C@H](C)Sc1nc2ccccc2c(=O)n1C(C)C. The van der Waals surface area contributed by atoms with Crippen LogP contribution in [-0.4, -0.2) is 30.5 Å². The lowest BCUT2D eigenvalue weighted by atomic mass is 10.2. The Morgan fingerprint density at radius 2 is 1.90 bits per heavy atom. The van der Waals surface area contributed by atoms with Gasteiger partial charge < -0.3 is 5.32 Å². The number of thioether (sulfide) groups is 1. The molecular weight excluding hydrogens is 386 g/mol. The Kier molecular flexibility index (Phi) is 6.42. The molecule has 0 radical (unpaired) electrons. The van der Waals surface area contributed by atoms with Crippen LogP contribution in [0.4, 0.5) is 5.82 Å². The number of fused-ring (bicyclic) bond motifs is 1. The number of aromatic nitrogens is 4. The maximum atomic E-state index is 12.9. The molecule has 0 bridgehead atoms. The molecule has 7 nitrogen and oxygen atoms in total. The number of para-hydroxylation sites is 1. The van der Waals surface area contributed by atoms with Crippen molar-refractivity contribution in [2.45, 2.75) is 63.5 Å². The standard InChI is InChI=1S/C21H27N5O2S/c1-6-14(4)26-18(11-12-22-26)24-19(27)15(5)29-21-23-17-10-8-7-9-16(17)20(28)25(21)13(2)3/h7-15H,6H2,1-5H3,(H,24,27)/t14-,15+/m1/s1. The van der Waals surface area contributed by atoms with Gasteiger partial charge in [-0.15, -0.1) is 0 Å². The predicted octanol–water partition coefficient (Wildman–Crippen LogP) is 4.26. The molecule has 1 amide bonds. The van der Waals surface area contributed by atoms with Gasteiger partial charge in [0, 0.05) is 12.1 Å². The van der Waals surface area contributed by atoms with E-state index in [0.717, 1.165) is 6.42 Å². The van der Waals surface area contributed by atoms with Crippen LogP contribution in [0.1, 0.15) is 53.1 Å². The fraction of sp³-hybridized carbons (Fsp3) is 0.429. The van der Waals surface area contributed by atoms with E-state index in [1.54, 1.807) is 22.9 Å². The number of anilines is 1. The van der Waals surface area contributed by atoms with E-state index in [4.69, 9.17) is 0 Å². The topological polar surface area (TPSA) is 81.8 Å². The molecule has 0 unspecified atom stereocenters. The lowest BCUT2D eigenvalue weighted by molar-refractivity contribution is -0.115. The van der Waals surface area contributed by atoms with Gasteiger partial charge in [-0.3, -0.25) is 14.2 Å². The molecular formula is C21H27N5O2S. The Balaban J connectivity index is 1.87. The Morgan fingerprint density at radius 1 is 1.17 bits per heavy atom. The average molecular weight is 414 g/mol. The summed E-state index contributed by atoms with van der Waals surface area (Å²) in [5.74, 6) is 0.516. The van der Waals surface area contributed by atoms with Crippen molar-refractivity contribution in [2.24, 2.45) is 0 Å². The summed E-state index contributed by atoms with van der Waals surface area (Å²) in [6.45, 7) is 9.83. The van der Waals surface area contributed by atoms with E-state index in [2.05, 4.69) is 29.2 Å². The van der Waals surface area contributed by atoms with Crippen LogP contribution in [-0.2, 0) is 4.79 Å². The third-order valence-corrected chi connectivity index (χ3v) is 5.94. The zero-order valence-corrected chi connectivity index (χ0v) is 18.2. The summed E-state index contributed by atoms with van der Waals surface area (Å²) in [4.78, 5) is 30.4. The first-order chi connectivity index (χ1) is 13.8. The van der Waals surface area contributed by atoms with Crippen LogP contribution >= 0.6 is 11.8 Å². The molecule has 0 aliphatic rings. The van der Waals surface area contributed by atoms with Crippen LogP contribution in [0.2, 0.25) is 0 Å². The molecule has 0 spiro atoms. The van der Waals surface area contributed by atoms with Crippen molar-refractivity contribution < 1.29 is 4.79 Å². The van der Waals surface area contributed by atoms with Gasteiger partial charge in [-0.2, -0.15) is 5.10 Å². The summed E-state index contributed by atoms with van der Waals surface area (Å²) in [6, 6.07) is 9.21. The molecule has 8 heteroatoms. The van der Waals surface area contributed by atoms with Crippen LogP contribution in [0.3, 0.4) is 0 Å². The second kappa shape index (κ2) is 8.82. The fourth-order valence-electron chi connectivity index (χ4n) is 3.04. The number of carbonyl (C=O) groups is 1. The monoisotopic (exact) mass is 413 g/mol. The molecule has 0 aliphatic carbocycles. The van der Waals surface area contributed by atoms with Crippen LogP contribution in [0.25, 0.3) is 10.9 Å². The fourth-order valence-corrected chi connectivity index (χ4v) is 4.08. The summed E-state index contributed by atoms with van der Waals surface area (Å²) in [5, 5.41) is 7.95. The van der Waals surface area contributed by atoms with Gasteiger partial charge in [-0.25, -0.2) is 9.67 Å². The zero-order chi connectivity index (χ0) is 21.1. The van der Waals surface area contributed by atoms with E-state index in [1.165, 1.54) is 11.8 Å². The van der Waals surface area contributed by atoms with Crippen molar-refractivity contribution >= 4 is 34.4 Å². The van der Waals surface area contributed by atoms with E-state index < -0.39 is 5.25 Å². The molecule has 3 rings (SSSR count). The Hall–Kier alpha value is -2.61. The highest BCUT2D eigenvalue weighted by atomic mass is 32.2. The summed E-state index contributed by atoms with van der Waals surface area (Å²) in [7, 11) is 0. The van der Waals surface area contributed by atoms with Gasteiger partial charge in [-0.1, -0.05) is 30.8 Å². The highest BCUT2D eigenvalue weighted by Gasteiger charge is 2.22. The van der Waals surface area contributed by atoms with Crippen LogP contribution in [0.5, 0.6) is 0 Å². The van der Waals surface area contributed by atoms with E-state index in [-0.39, 0.29) is 23.6 Å². The van der Waals surface area contributed by atoms with E-state index >= 15 is 0 Å². The van der Waals surface area contributed by atoms with Gasteiger partial charge in [0.25, 0.3) is 5.56 Å². The summed E-state index contributed by atoms with van der Waals surface area (Å²) < 4.78 is 3.47. The number of hydrogen-bond donors (Lipinski definition) is 1. The maximum absolute atomic E-state index is 12.9. The number of nitrogens with zero attached hydrogens (tertiary/aromatic N) is 4. The average Bonchev–Trinajstić information content (AvgIpc) is 3.15. The molecule has 1 N–H and O–H groups in total. The molecule has 1 aromatic carbocycles. The molecule has 2 atom stereocenters. The van der Waals surface area contributed by atoms with Gasteiger partial charge in [-0.05, 0) is 46.2 Å². The van der Waals surface area contributed by atoms with Gasteiger partial charge >= 0.3 is 0 Å². The van der Waals surface area contributed by atoms with Crippen LogP contribution in [0, 0.1) is 0 Å². The molecule has 2 heterocycles. The third kappa shape index (κ3) is 4.37. The van der Waals surface area contributed by atoms with Crippen LogP contribution in [0.15, 0.2) is 46.5 Å². The number of carbonyl (C=O) groups excluding carboxylic acids is 1. The predicted molar refractivity (Wildman–Crippen MR) is 118 cm³/mol. The van der Waals surface area contributed by atoms with Crippen molar-refractivity contribution in [3.8, 4) is 0 Å². The molecule has 2 aromatic heterocycles. The Labute approximate surface area is 174 Å². The minimum absolute atomic E-state index is 0.0656. The van der Waals surface area contributed by atoms with Crippen molar-refractivity contribution in [3.63, 3.8) is 0 Å². The highest BCUT2D eigenvalue weighted by molar-refractivity contribution is 8.00. The number of amides is 1. The highest BCUT2D eigenvalue weighted by Crippen LogP contribution is 2.26. The second-order valence-corrected chi connectivity index (χ2v) is 8.66. The van der Waals surface area contributed by atoms with Crippen molar-refractivity contribution in [3.05, 3.63) is 46.9 Å². The van der Waals surface area contributed by atoms with E-state index in [9.17, 15) is 9.59 Å². The van der Waals surface area contributed by atoms with Crippen molar-refractivity contribution in [1.29, 1.82) is 0 Å². The van der Waals surface area contributed by atoms with Gasteiger partial charge in [0.15, 0.2) is 5.16 Å². The molecule has 0 fully saturated rings. The molecule has 29 heavy (non-hydrogen) atoms. The zero-order valence-electron chi connectivity index (χ0n) is 17.4. The quantitative estimate of drug-likeness (QED) is 0.462. The minimum Gasteiger partial charge on any atom is -0.310 e. The Morgan fingerprint density at radius 3 is 2.59 bits per heavy atom. The van der Waals surface area contributed by atoms with Crippen molar-refractivity contribution in [2.75, 3.05) is 5.32 Å². The molecule has 3 aromatic rings. The van der Waals surface area contributed by atoms with Gasteiger partial charge in [0.2, 0.25) is 5.91 Å². The Bertz CT molecular complexity index is 1070. The largest absolute Gasteiger partial charge is 0.310 e. The molecule has 154 valence electrons. The first-order valence-corrected chi connectivity index (χ1v) is 10.7. The van der Waals surface area contributed by atoms with E-state index in [1.807, 2.05) is 43.7 Å². The lowest BCUT2D eigenvalue weighted by Gasteiger charge is -2.19. The first-order valence-electron chi connectivity index (χ1n) is 9.85. The number of benzene rings is 1. The smallest absolute Gasteiger partial charge is 0.262 e. The summed E-state index contributed by atoms with van der Waals surface area (Å²) in [6.07, 6.45) is 2.59. The second-order valence-electron chi connectivity index (χ2n) is 7.35. The van der Waals surface area contributed by atoms with E-state index in [0.29, 0.717) is 21.9 Å². The van der Waals surface area contributed by atoms with Gasteiger partial charge in [0.1, 0.15) is 5.82 Å².